The summed E-state index contributed by atoms with van der Waals surface area (Å²) >= 11 is 0. The summed E-state index contributed by atoms with van der Waals surface area (Å²) in [6.45, 7) is 10.9. The van der Waals surface area contributed by atoms with Crippen molar-refractivity contribution >= 4 is 0 Å². The van der Waals surface area contributed by atoms with Crippen molar-refractivity contribution in [3.63, 3.8) is 0 Å². The molecule has 1 atom stereocenters. The van der Waals surface area contributed by atoms with Crippen LogP contribution in [0, 0.1) is 11.8 Å². The van der Waals surface area contributed by atoms with Crippen molar-refractivity contribution < 1.29 is 0 Å². The lowest BCUT2D eigenvalue weighted by atomic mass is 9.80. The van der Waals surface area contributed by atoms with E-state index in [1.54, 1.807) is 0 Å². The molecule has 0 spiro atoms. The Morgan fingerprint density at radius 2 is 1.79 bits per heavy atom. The minimum absolute atomic E-state index is 1.01. The number of nitrogens with zero attached hydrogens (tertiary/aromatic N) is 1. The first-order valence-corrected chi connectivity index (χ1v) is 6.54. The van der Waals surface area contributed by atoms with Crippen LogP contribution >= 0.6 is 0 Å². The summed E-state index contributed by atoms with van der Waals surface area (Å²) in [4.78, 5) is 2.59. The van der Waals surface area contributed by atoms with Gasteiger partial charge in [0.1, 0.15) is 0 Å². The molecule has 1 aliphatic heterocycles. The van der Waals surface area contributed by atoms with Gasteiger partial charge in [-0.2, -0.15) is 0 Å². The fourth-order valence-corrected chi connectivity index (χ4v) is 2.88. The third kappa shape index (κ3) is 3.27. The molecule has 0 aromatic carbocycles. The van der Waals surface area contributed by atoms with Gasteiger partial charge in [0.25, 0.3) is 0 Å². The molecule has 1 fully saturated rings. The first-order valence-electron chi connectivity index (χ1n) is 6.54. The van der Waals surface area contributed by atoms with Crippen molar-refractivity contribution in [3.05, 3.63) is 0 Å². The van der Waals surface area contributed by atoms with Crippen LogP contribution in [0.5, 0.6) is 0 Å². The van der Waals surface area contributed by atoms with Crippen molar-refractivity contribution in [2.75, 3.05) is 19.6 Å². The van der Waals surface area contributed by atoms with E-state index in [-0.39, 0.29) is 0 Å². The highest BCUT2D eigenvalue weighted by Crippen LogP contribution is 2.30. The van der Waals surface area contributed by atoms with Gasteiger partial charge in [-0.05, 0) is 44.3 Å². The molecule has 0 N–H and O–H groups in total. The van der Waals surface area contributed by atoms with E-state index in [0.717, 1.165) is 11.8 Å². The van der Waals surface area contributed by atoms with E-state index in [9.17, 15) is 0 Å². The third-order valence-corrected chi connectivity index (χ3v) is 3.93. The van der Waals surface area contributed by atoms with E-state index in [2.05, 4.69) is 25.7 Å². The molecule has 1 heteroatoms. The monoisotopic (exact) mass is 197 g/mol. The average Bonchev–Trinajstić information content (AvgIpc) is 2.26. The molecule has 1 heterocycles. The molecular weight excluding hydrogens is 170 g/mol. The Bertz CT molecular complexity index is 136. The molecule has 14 heavy (non-hydrogen) atoms. The normalized spacial score (nSPS) is 22.5. The standard InChI is InChI=1S/C13H27N/c1-4-7-12(5-2)13-8-10-14(6-3)11-9-13/h12-13H,4-11H2,1-3H3. The first-order chi connectivity index (χ1) is 6.81. The van der Waals surface area contributed by atoms with Crippen LogP contribution in [0.15, 0.2) is 0 Å². The molecule has 0 amide bonds. The van der Waals surface area contributed by atoms with Gasteiger partial charge in [0.05, 0.1) is 0 Å². The van der Waals surface area contributed by atoms with Crippen LogP contribution in [0.1, 0.15) is 52.9 Å². The van der Waals surface area contributed by atoms with Crippen molar-refractivity contribution in [3.8, 4) is 0 Å². The van der Waals surface area contributed by atoms with Gasteiger partial charge in [-0.25, -0.2) is 0 Å². The zero-order chi connectivity index (χ0) is 10.4. The first kappa shape index (κ1) is 12.0. The predicted octanol–water partition coefficient (Wildman–Crippen LogP) is 3.54. The van der Waals surface area contributed by atoms with E-state index in [0.29, 0.717) is 0 Å². The molecule has 0 aromatic rings. The highest BCUT2D eigenvalue weighted by atomic mass is 15.1. The molecule has 0 radical (unpaired) electrons. The Kier molecular flexibility index (Phi) is 5.54. The number of hydrogen-bond acceptors (Lipinski definition) is 1. The minimum Gasteiger partial charge on any atom is -0.304 e. The minimum atomic E-state index is 1.01. The van der Waals surface area contributed by atoms with Gasteiger partial charge in [-0.3, -0.25) is 0 Å². The lowest BCUT2D eigenvalue weighted by molar-refractivity contribution is 0.145. The van der Waals surface area contributed by atoms with E-state index in [4.69, 9.17) is 0 Å². The molecule has 1 aliphatic rings. The summed E-state index contributed by atoms with van der Waals surface area (Å²) in [5, 5.41) is 0. The summed E-state index contributed by atoms with van der Waals surface area (Å²) in [5.41, 5.74) is 0. The summed E-state index contributed by atoms with van der Waals surface area (Å²) in [6, 6.07) is 0. The highest BCUT2D eigenvalue weighted by molar-refractivity contribution is 4.76. The van der Waals surface area contributed by atoms with Crippen LogP contribution in [0.2, 0.25) is 0 Å². The molecule has 84 valence electrons. The lowest BCUT2D eigenvalue weighted by Crippen LogP contribution is -2.35. The zero-order valence-corrected chi connectivity index (χ0v) is 10.3. The van der Waals surface area contributed by atoms with Crippen molar-refractivity contribution in [2.24, 2.45) is 11.8 Å². The number of hydrogen-bond donors (Lipinski definition) is 0. The van der Waals surface area contributed by atoms with Crippen LogP contribution in [0.4, 0.5) is 0 Å². The van der Waals surface area contributed by atoms with Crippen molar-refractivity contribution in [1.82, 2.24) is 4.90 Å². The summed E-state index contributed by atoms with van der Waals surface area (Å²) in [6.07, 6.45) is 7.11. The highest BCUT2D eigenvalue weighted by Gasteiger charge is 2.23. The summed E-state index contributed by atoms with van der Waals surface area (Å²) < 4.78 is 0. The molecule has 0 saturated carbocycles. The summed E-state index contributed by atoms with van der Waals surface area (Å²) in [7, 11) is 0. The molecule has 0 bridgehead atoms. The Hall–Kier alpha value is -0.0400. The molecule has 0 aromatic heterocycles. The second-order valence-corrected chi connectivity index (χ2v) is 4.73. The van der Waals surface area contributed by atoms with Crippen LogP contribution in [0.25, 0.3) is 0 Å². The van der Waals surface area contributed by atoms with Gasteiger partial charge in [-0.15, -0.1) is 0 Å². The van der Waals surface area contributed by atoms with Gasteiger partial charge in [0.2, 0.25) is 0 Å². The van der Waals surface area contributed by atoms with E-state index in [1.165, 1.54) is 51.7 Å². The third-order valence-electron chi connectivity index (χ3n) is 3.93. The van der Waals surface area contributed by atoms with Crippen LogP contribution in [-0.4, -0.2) is 24.5 Å². The fourth-order valence-electron chi connectivity index (χ4n) is 2.88. The van der Waals surface area contributed by atoms with E-state index < -0.39 is 0 Å². The van der Waals surface area contributed by atoms with Gasteiger partial charge in [0.15, 0.2) is 0 Å². The molecule has 1 nitrogen and oxygen atoms in total. The molecule has 0 aliphatic carbocycles. The maximum absolute atomic E-state index is 2.59. The van der Waals surface area contributed by atoms with E-state index in [1.807, 2.05) is 0 Å². The Balaban J connectivity index is 2.31. The molecular formula is C13H27N. The number of piperidine rings is 1. The Labute approximate surface area is 89.9 Å². The van der Waals surface area contributed by atoms with Gasteiger partial charge >= 0.3 is 0 Å². The smallest absolute Gasteiger partial charge is 0.00161 e. The topological polar surface area (TPSA) is 3.24 Å². The van der Waals surface area contributed by atoms with Crippen LogP contribution < -0.4 is 0 Å². The second-order valence-electron chi connectivity index (χ2n) is 4.73. The Morgan fingerprint density at radius 3 is 2.21 bits per heavy atom. The van der Waals surface area contributed by atoms with Gasteiger partial charge in [0, 0.05) is 0 Å². The number of rotatable bonds is 5. The average molecular weight is 197 g/mol. The van der Waals surface area contributed by atoms with Gasteiger partial charge in [-0.1, -0.05) is 40.0 Å². The van der Waals surface area contributed by atoms with Crippen LogP contribution in [-0.2, 0) is 0 Å². The largest absolute Gasteiger partial charge is 0.304 e. The summed E-state index contributed by atoms with van der Waals surface area (Å²) in [5.74, 6) is 2.04. The molecule has 1 rings (SSSR count). The Morgan fingerprint density at radius 1 is 1.14 bits per heavy atom. The van der Waals surface area contributed by atoms with Crippen molar-refractivity contribution in [1.29, 1.82) is 0 Å². The zero-order valence-electron chi connectivity index (χ0n) is 10.3. The fraction of sp³-hybridized carbons (Fsp3) is 1.00. The molecule has 1 saturated heterocycles. The molecule has 1 unspecified atom stereocenters. The van der Waals surface area contributed by atoms with E-state index >= 15 is 0 Å². The predicted molar refractivity (Wildman–Crippen MR) is 63.5 cm³/mol. The van der Waals surface area contributed by atoms with Gasteiger partial charge < -0.3 is 4.90 Å². The second kappa shape index (κ2) is 6.44. The van der Waals surface area contributed by atoms with Crippen LogP contribution in [0.3, 0.4) is 0 Å². The quantitative estimate of drug-likeness (QED) is 0.651. The number of likely N-dealkylation sites (tertiary alicyclic amines) is 1. The van der Waals surface area contributed by atoms with Crippen molar-refractivity contribution in [2.45, 2.75) is 52.9 Å². The maximum Gasteiger partial charge on any atom is -0.00161 e. The SMILES string of the molecule is CCCC(CC)C1CCN(CC)CC1. The lowest BCUT2D eigenvalue weighted by Gasteiger charge is -2.35. The maximum atomic E-state index is 2.59.